The molecule has 1 aliphatic heterocycles. The maximum absolute atomic E-state index is 13.5. The van der Waals surface area contributed by atoms with Gasteiger partial charge in [0.25, 0.3) is 5.91 Å². The van der Waals surface area contributed by atoms with Gasteiger partial charge in [0.05, 0.1) is 10.5 Å². The fourth-order valence-electron chi connectivity index (χ4n) is 2.85. The van der Waals surface area contributed by atoms with Gasteiger partial charge in [-0.2, -0.15) is 13.2 Å². The van der Waals surface area contributed by atoms with Gasteiger partial charge in [-0.1, -0.05) is 24.0 Å². The first-order valence-electron chi connectivity index (χ1n) is 9.00. The SMILES string of the molecule is O=C(O)CCCCN1C(=O)/C(=C\c2ccc(-c3ccc(F)c(C(F)(F)F)c3)o2)SC1=S. The second-order valence-corrected chi connectivity index (χ2v) is 8.25. The molecule has 1 aromatic carbocycles. The number of unbranched alkanes of at least 4 members (excludes halogenated alkanes) is 1. The van der Waals surface area contributed by atoms with Crippen molar-refractivity contribution in [2.45, 2.75) is 25.4 Å². The maximum atomic E-state index is 13.5. The highest BCUT2D eigenvalue weighted by Crippen LogP contribution is 2.36. The molecule has 3 rings (SSSR count). The van der Waals surface area contributed by atoms with Crippen LogP contribution in [0, 0.1) is 5.82 Å². The van der Waals surface area contributed by atoms with E-state index >= 15 is 0 Å². The van der Waals surface area contributed by atoms with E-state index < -0.39 is 23.5 Å². The molecule has 1 aliphatic rings. The molecule has 1 fully saturated rings. The number of aliphatic carboxylic acids is 1. The van der Waals surface area contributed by atoms with Crippen molar-refractivity contribution in [3.8, 4) is 11.3 Å². The minimum absolute atomic E-state index is 0.000752. The predicted molar refractivity (Wildman–Crippen MR) is 110 cm³/mol. The van der Waals surface area contributed by atoms with Crippen molar-refractivity contribution >= 4 is 46.3 Å². The summed E-state index contributed by atoms with van der Waals surface area (Å²) in [6, 6.07) is 5.45. The Hall–Kier alpha value is -2.66. The van der Waals surface area contributed by atoms with Crippen molar-refractivity contribution in [2.24, 2.45) is 0 Å². The minimum atomic E-state index is -4.84. The molecule has 0 saturated carbocycles. The Bertz CT molecular complexity index is 1060. The van der Waals surface area contributed by atoms with Crippen molar-refractivity contribution in [1.29, 1.82) is 0 Å². The van der Waals surface area contributed by atoms with Gasteiger partial charge in [0, 0.05) is 24.6 Å². The van der Waals surface area contributed by atoms with Crippen LogP contribution in [0.4, 0.5) is 17.6 Å². The fourth-order valence-corrected chi connectivity index (χ4v) is 4.14. The van der Waals surface area contributed by atoms with Gasteiger partial charge in [-0.05, 0) is 43.2 Å². The van der Waals surface area contributed by atoms with Crippen LogP contribution in [0.5, 0.6) is 0 Å². The standard InChI is InChI=1S/C20H15F4NO4S2/c21-14-6-4-11(9-13(14)20(22,23)24)15-7-5-12(29-15)10-16-18(28)25(19(30)31-16)8-2-1-3-17(26)27/h4-7,9-10H,1-3,8H2,(H,26,27)/b16-10+. The predicted octanol–water partition coefficient (Wildman–Crippen LogP) is 5.56. The molecule has 5 nitrogen and oxygen atoms in total. The molecule has 0 bridgehead atoms. The van der Waals surface area contributed by atoms with Crippen LogP contribution in [-0.2, 0) is 15.8 Å². The molecule has 0 atom stereocenters. The molecule has 0 radical (unpaired) electrons. The van der Waals surface area contributed by atoms with Crippen LogP contribution >= 0.6 is 24.0 Å². The number of carboxylic acids is 1. The molecule has 2 aromatic rings. The Morgan fingerprint density at radius 2 is 1.97 bits per heavy atom. The zero-order valence-electron chi connectivity index (χ0n) is 15.7. The Morgan fingerprint density at radius 3 is 2.65 bits per heavy atom. The van der Waals surface area contributed by atoms with Crippen LogP contribution in [0.25, 0.3) is 17.4 Å². The number of thiocarbonyl (C=S) groups is 1. The fraction of sp³-hybridized carbons (Fsp3) is 0.250. The van der Waals surface area contributed by atoms with Gasteiger partial charge >= 0.3 is 12.1 Å². The monoisotopic (exact) mass is 473 g/mol. The summed E-state index contributed by atoms with van der Waals surface area (Å²) < 4.78 is 58.1. The van der Waals surface area contributed by atoms with Crippen molar-refractivity contribution in [3.05, 3.63) is 52.4 Å². The van der Waals surface area contributed by atoms with Crippen LogP contribution < -0.4 is 0 Å². The van der Waals surface area contributed by atoms with Gasteiger partial charge in [-0.25, -0.2) is 4.39 Å². The lowest BCUT2D eigenvalue weighted by Crippen LogP contribution is -2.29. The number of thioether (sulfide) groups is 1. The molecule has 1 N–H and O–H groups in total. The molecule has 0 unspecified atom stereocenters. The van der Waals surface area contributed by atoms with Crippen LogP contribution in [-0.4, -0.2) is 32.7 Å². The van der Waals surface area contributed by atoms with Crippen molar-refractivity contribution in [3.63, 3.8) is 0 Å². The molecule has 0 spiro atoms. The van der Waals surface area contributed by atoms with Gasteiger partial charge in [-0.3, -0.25) is 14.5 Å². The normalized spacial score (nSPS) is 15.9. The van der Waals surface area contributed by atoms with Gasteiger partial charge in [0.2, 0.25) is 0 Å². The van der Waals surface area contributed by atoms with E-state index in [0.29, 0.717) is 23.2 Å². The number of alkyl halides is 3. The highest BCUT2D eigenvalue weighted by molar-refractivity contribution is 8.26. The van der Waals surface area contributed by atoms with Crippen LogP contribution in [0.3, 0.4) is 0 Å². The van der Waals surface area contributed by atoms with E-state index in [1.807, 2.05) is 0 Å². The van der Waals surface area contributed by atoms with E-state index in [4.69, 9.17) is 21.7 Å². The van der Waals surface area contributed by atoms with Gasteiger partial charge in [0.15, 0.2) is 0 Å². The lowest BCUT2D eigenvalue weighted by molar-refractivity contribution is -0.140. The first-order chi connectivity index (χ1) is 14.6. The second-order valence-electron chi connectivity index (χ2n) is 6.58. The van der Waals surface area contributed by atoms with E-state index in [1.54, 1.807) is 0 Å². The number of nitrogens with zero attached hydrogens (tertiary/aromatic N) is 1. The van der Waals surface area contributed by atoms with E-state index in [9.17, 15) is 27.2 Å². The third kappa shape index (κ3) is 5.53. The number of carbonyl (C=O) groups excluding carboxylic acids is 1. The molecular formula is C20H15F4NO4S2. The number of amides is 1. The number of furan rings is 1. The molecule has 2 heterocycles. The molecular weight excluding hydrogens is 458 g/mol. The lowest BCUT2D eigenvalue weighted by Gasteiger charge is -2.13. The van der Waals surface area contributed by atoms with E-state index in [2.05, 4.69) is 0 Å². The van der Waals surface area contributed by atoms with E-state index in [1.165, 1.54) is 29.2 Å². The highest BCUT2D eigenvalue weighted by atomic mass is 32.2. The van der Waals surface area contributed by atoms with Crippen molar-refractivity contribution in [2.75, 3.05) is 6.54 Å². The average molecular weight is 473 g/mol. The molecule has 1 amide bonds. The Morgan fingerprint density at radius 1 is 1.23 bits per heavy atom. The number of halogens is 4. The third-order valence-electron chi connectivity index (χ3n) is 4.35. The Balaban J connectivity index is 1.74. The van der Waals surface area contributed by atoms with Crippen molar-refractivity contribution < 1.29 is 36.7 Å². The molecule has 31 heavy (non-hydrogen) atoms. The third-order valence-corrected chi connectivity index (χ3v) is 5.73. The molecule has 164 valence electrons. The highest BCUT2D eigenvalue weighted by Gasteiger charge is 2.35. The zero-order chi connectivity index (χ0) is 22.8. The number of hydrogen-bond acceptors (Lipinski definition) is 5. The first-order valence-corrected chi connectivity index (χ1v) is 10.2. The quantitative estimate of drug-likeness (QED) is 0.246. The lowest BCUT2D eigenvalue weighted by atomic mass is 10.1. The number of carbonyl (C=O) groups is 2. The molecule has 11 heteroatoms. The topological polar surface area (TPSA) is 70.8 Å². The summed E-state index contributed by atoms with van der Waals surface area (Å²) in [6.45, 7) is 0.286. The second kappa shape index (κ2) is 9.23. The average Bonchev–Trinajstić information content (AvgIpc) is 3.24. The number of rotatable bonds is 7. The molecule has 0 aliphatic carbocycles. The van der Waals surface area contributed by atoms with Gasteiger partial charge in [-0.15, -0.1) is 0 Å². The smallest absolute Gasteiger partial charge is 0.419 e. The van der Waals surface area contributed by atoms with Gasteiger partial charge < -0.3 is 9.52 Å². The van der Waals surface area contributed by atoms with Crippen LogP contribution in [0.15, 0.2) is 39.7 Å². The summed E-state index contributed by atoms with van der Waals surface area (Å²) in [5, 5.41) is 8.66. The number of benzene rings is 1. The Labute approximate surface area is 183 Å². The Kier molecular flexibility index (Phi) is 6.85. The summed E-state index contributed by atoms with van der Waals surface area (Å²) in [6.07, 6.45) is -2.53. The maximum Gasteiger partial charge on any atom is 0.419 e. The molecule has 1 aromatic heterocycles. The summed E-state index contributed by atoms with van der Waals surface area (Å²) in [7, 11) is 0. The first kappa shape index (κ1) is 23.0. The van der Waals surface area contributed by atoms with E-state index in [0.717, 1.165) is 17.8 Å². The van der Waals surface area contributed by atoms with Crippen molar-refractivity contribution in [1.82, 2.24) is 4.90 Å². The zero-order valence-corrected chi connectivity index (χ0v) is 17.4. The number of carboxylic acid groups (broad SMARTS) is 1. The summed E-state index contributed by atoms with van der Waals surface area (Å²) in [4.78, 5) is 24.8. The van der Waals surface area contributed by atoms with Crippen LogP contribution in [0.2, 0.25) is 0 Å². The van der Waals surface area contributed by atoms with Crippen LogP contribution in [0.1, 0.15) is 30.6 Å². The van der Waals surface area contributed by atoms with Gasteiger partial charge in [0.1, 0.15) is 21.7 Å². The largest absolute Gasteiger partial charge is 0.481 e. The molecule has 1 saturated heterocycles. The summed E-state index contributed by atoms with van der Waals surface area (Å²) in [5.41, 5.74) is -1.36. The summed E-state index contributed by atoms with van der Waals surface area (Å²) >= 11 is 6.24. The minimum Gasteiger partial charge on any atom is -0.481 e. The summed E-state index contributed by atoms with van der Waals surface area (Å²) in [5.74, 6) is -2.35. The number of hydrogen-bond donors (Lipinski definition) is 1. The van der Waals surface area contributed by atoms with E-state index in [-0.39, 0.29) is 40.9 Å².